The lowest BCUT2D eigenvalue weighted by Crippen LogP contribution is -2.29. The second kappa shape index (κ2) is 12.7. The van der Waals surface area contributed by atoms with Gasteiger partial charge in [0.1, 0.15) is 23.7 Å². The van der Waals surface area contributed by atoms with E-state index in [1.807, 2.05) is 37.3 Å². The molecule has 3 heterocycles. The summed E-state index contributed by atoms with van der Waals surface area (Å²) in [6.07, 6.45) is 1.47. The predicted molar refractivity (Wildman–Crippen MR) is 175 cm³/mol. The summed E-state index contributed by atoms with van der Waals surface area (Å²) in [6.45, 7) is 7.81. The topological polar surface area (TPSA) is 108 Å². The summed E-state index contributed by atoms with van der Waals surface area (Å²) in [5.41, 5.74) is 2.04. The molecule has 11 heteroatoms. The number of amides is 1. The zero-order valence-corrected chi connectivity index (χ0v) is 26.8. The maximum absolute atomic E-state index is 14.1. The number of carbonyl (C=O) groups is 2. The Hall–Kier alpha value is -4.74. The average molecular weight is 688 g/mol. The van der Waals surface area contributed by atoms with Crippen LogP contribution in [0.2, 0.25) is 0 Å². The van der Waals surface area contributed by atoms with Crippen LogP contribution >= 0.6 is 27.3 Å². The highest BCUT2D eigenvalue weighted by Gasteiger charge is 2.45. The first kappa shape index (κ1) is 30.3. The highest BCUT2D eigenvalue weighted by atomic mass is 79.9. The molecule has 45 heavy (non-hydrogen) atoms. The summed E-state index contributed by atoms with van der Waals surface area (Å²) >= 11 is 4.43. The minimum Gasteiger partial charge on any atom is -0.490 e. The molecule has 1 aliphatic heterocycles. The Morgan fingerprint density at radius 3 is 2.64 bits per heavy atom. The third kappa shape index (κ3) is 5.76. The number of thiazole rings is 1. The van der Waals surface area contributed by atoms with Gasteiger partial charge in [-0.2, -0.15) is 0 Å². The van der Waals surface area contributed by atoms with Crippen molar-refractivity contribution in [1.82, 2.24) is 4.98 Å². The SMILES string of the molecule is C=CCOC(=O)c1sc(N2C(=O)c3oc4ccc(Br)cc4c(=O)c3C2c2ccc(OCc3ccccc3)c(OCC)c2)nc1C. The lowest BCUT2D eigenvalue weighted by Gasteiger charge is -2.23. The molecule has 5 aromatic rings. The molecular formula is C34H27BrN2O7S. The average Bonchev–Trinajstić information content (AvgIpc) is 3.57. The van der Waals surface area contributed by atoms with Crippen LogP contribution in [0.5, 0.6) is 11.5 Å². The van der Waals surface area contributed by atoms with Gasteiger partial charge < -0.3 is 18.6 Å². The quantitative estimate of drug-likeness (QED) is 0.111. The number of ether oxygens (including phenoxy) is 3. The second-order valence-corrected chi connectivity index (χ2v) is 12.0. The molecule has 0 N–H and O–H groups in total. The summed E-state index contributed by atoms with van der Waals surface area (Å²) in [5.74, 6) is -0.277. The van der Waals surface area contributed by atoms with Crippen LogP contribution in [0.15, 0.2) is 93.1 Å². The van der Waals surface area contributed by atoms with Gasteiger partial charge in [-0.1, -0.05) is 76.3 Å². The molecule has 1 atom stereocenters. The molecule has 9 nitrogen and oxygen atoms in total. The number of nitrogens with zero attached hydrogens (tertiary/aromatic N) is 2. The first-order valence-corrected chi connectivity index (χ1v) is 15.7. The molecule has 0 bridgehead atoms. The van der Waals surface area contributed by atoms with Crippen molar-refractivity contribution in [2.24, 2.45) is 0 Å². The van der Waals surface area contributed by atoms with Crippen molar-refractivity contribution >= 4 is 55.2 Å². The molecule has 6 rings (SSSR count). The van der Waals surface area contributed by atoms with Crippen LogP contribution in [0.3, 0.4) is 0 Å². The van der Waals surface area contributed by atoms with E-state index in [1.54, 1.807) is 43.3 Å². The highest BCUT2D eigenvalue weighted by Crippen LogP contribution is 2.45. The smallest absolute Gasteiger partial charge is 0.350 e. The Kier molecular flexibility index (Phi) is 8.55. The Morgan fingerprint density at radius 2 is 1.89 bits per heavy atom. The Labute approximate surface area is 270 Å². The highest BCUT2D eigenvalue weighted by molar-refractivity contribution is 9.10. The number of anilines is 1. The molecule has 0 spiro atoms. The van der Waals surface area contributed by atoms with Crippen molar-refractivity contribution in [3.63, 3.8) is 0 Å². The maximum atomic E-state index is 14.1. The zero-order chi connectivity index (χ0) is 31.7. The van der Waals surface area contributed by atoms with Crippen molar-refractivity contribution in [3.8, 4) is 11.5 Å². The second-order valence-electron chi connectivity index (χ2n) is 10.1. The molecule has 0 aliphatic carbocycles. The van der Waals surface area contributed by atoms with Gasteiger partial charge >= 0.3 is 5.97 Å². The minimum atomic E-state index is -0.933. The molecule has 1 amide bonds. The van der Waals surface area contributed by atoms with Gasteiger partial charge in [0.15, 0.2) is 22.1 Å². The van der Waals surface area contributed by atoms with Crippen molar-refractivity contribution in [1.29, 1.82) is 0 Å². The standard InChI is InChI=1S/C34H27BrN2O7S/c1-4-15-42-33(40)31-19(3)36-34(45-31)37-28(27-29(38)23-17-22(35)12-14-24(23)44-30(27)32(37)39)21-11-13-25(26(16-21)41-5-2)43-18-20-9-7-6-8-10-20/h4,6-14,16-17,28H,1,5,15,18H2,2-3H3. The monoisotopic (exact) mass is 686 g/mol. The van der Waals surface area contributed by atoms with E-state index in [0.29, 0.717) is 45.8 Å². The molecular weight excluding hydrogens is 660 g/mol. The fourth-order valence-corrected chi connectivity index (χ4v) is 6.50. The minimum absolute atomic E-state index is 0.0295. The number of fused-ring (bicyclic) bond motifs is 2. The van der Waals surface area contributed by atoms with E-state index in [0.717, 1.165) is 16.9 Å². The number of halogens is 1. The summed E-state index contributed by atoms with van der Waals surface area (Å²) in [4.78, 5) is 47.2. The fourth-order valence-electron chi connectivity index (χ4n) is 5.15. The van der Waals surface area contributed by atoms with Gasteiger partial charge in [0, 0.05) is 4.47 Å². The molecule has 228 valence electrons. The van der Waals surface area contributed by atoms with Crippen molar-refractivity contribution in [3.05, 3.63) is 127 Å². The van der Waals surface area contributed by atoms with Crippen LogP contribution in [0.1, 0.15) is 55.6 Å². The van der Waals surface area contributed by atoms with Crippen molar-refractivity contribution < 1.29 is 28.2 Å². The summed E-state index contributed by atoms with van der Waals surface area (Å²) in [6, 6.07) is 19.2. The van der Waals surface area contributed by atoms with Gasteiger partial charge in [0.25, 0.3) is 5.91 Å². The lowest BCUT2D eigenvalue weighted by atomic mass is 9.98. The predicted octanol–water partition coefficient (Wildman–Crippen LogP) is 7.39. The van der Waals surface area contributed by atoms with E-state index in [9.17, 15) is 14.4 Å². The van der Waals surface area contributed by atoms with Crippen LogP contribution in [-0.4, -0.2) is 30.1 Å². The largest absolute Gasteiger partial charge is 0.490 e. The van der Waals surface area contributed by atoms with Crippen LogP contribution < -0.4 is 19.8 Å². The summed E-state index contributed by atoms with van der Waals surface area (Å²) < 4.78 is 24.1. The van der Waals surface area contributed by atoms with Crippen LogP contribution in [0.25, 0.3) is 11.0 Å². The van der Waals surface area contributed by atoms with Crippen LogP contribution in [0, 0.1) is 6.92 Å². The number of hydrogen-bond acceptors (Lipinski definition) is 9. The first-order chi connectivity index (χ1) is 21.8. The van der Waals surface area contributed by atoms with E-state index >= 15 is 0 Å². The number of benzene rings is 3. The third-order valence-electron chi connectivity index (χ3n) is 7.16. The zero-order valence-electron chi connectivity index (χ0n) is 24.4. The molecule has 0 saturated heterocycles. The first-order valence-electron chi connectivity index (χ1n) is 14.1. The maximum Gasteiger partial charge on any atom is 0.350 e. The fraction of sp³-hybridized carbons (Fsp3) is 0.176. The van der Waals surface area contributed by atoms with E-state index in [1.165, 1.54) is 11.0 Å². The number of carbonyl (C=O) groups excluding carboxylic acids is 2. The van der Waals surface area contributed by atoms with E-state index in [2.05, 4.69) is 27.5 Å². The Morgan fingerprint density at radius 1 is 1.09 bits per heavy atom. The number of hydrogen-bond donors (Lipinski definition) is 0. The van der Waals surface area contributed by atoms with Crippen molar-refractivity contribution in [2.75, 3.05) is 18.1 Å². The number of esters is 1. The molecule has 0 radical (unpaired) electrons. The Balaban J connectivity index is 1.49. The molecule has 1 aliphatic rings. The van der Waals surface area contributed by atoms with Crippen molar-refractivity contribution in [2.45, 2.75) is 26.5 Å². The van der Waals surface area contributed by atoms with Crippen LogP contribution in [0.4, 0.5) is 5.13 Å². The molecule has 1 unspecified atom stereocenters. The molecule has 0 saturated carbocycles. The van der Waals surface area contributed by atoms with Gasteiger partial charge in [0.2, 0.25) is 5.76 Å². The normalized spacial score (nSPS) is 14.0. The van der Waals surface area contributed by atoms with E-state index in [-0.39, 0.29) is 39.0 Å². The van der Waals surface area contributed by atoms with Gasteiger partial charge in [0.05, 0.1) is 29.3 Å². The van der Waals surface area contributed by atoms with E-state index < -0.39 is 17.9 Å². The number of aryl methyl sites for hydroxylation is 1. The van der Waals surface area contributed by atoms with Gasteiger partial charge in [-0.15, -0.1) is 0 Å². The van der Waals surface area contributed by atoms with Gasteiger partial charge in [-0.25, -0.2) is 9.78 Å². The lowest BCUT2D eigenvalue weighted by molar-refractivity contribution is 0.0554. The van der Waals surface area contributed by atoms with Gasteiger partial charge in [-0.3, -0.25) is 14.5 Å². The van der Waals surface area contributed by atoms with E-state index in [4.69, 9.17) is 18.6 Å². The van der Waals surface area contributed by atoms with Crippen LogP contribution in [-0.2, 0) is 11.3 Å². The third-order valence-corrected chi connectivity index (χ3v) is 8.79. The molecule has 0 fully saturated rings. The Bertz CT molecular complexity index is 2000. The molecule has 3 aromatic carbocycles. The number of rotatable bonds is 10. The summed E-state index contributed by atoms with van der Waals surface area (Å²) in [5, 5.41) is 0.533. The molecule has 2 aromatic heterocycles. The summed E-state index contributed by atoms with van der Waals surface area (Å²) in [7, 11) is 0. The number of aromatic nitrogens is 1. The van der Waals surface area contributed by atoms with Gasteiger partial charge in [-0.05, 0) is 55.3 Å².